The first kappa shape index (κ1) is 26.6. The van der Waals surface area contributed by atoms with Gasteiger partial charge in [0.25, 0.3) is 0 Å². The van der Waals surface area contributed by atoms with Crippen LogP contribution in [0.25, 0.3) is 0 Å². The molecule has 1 saturated carbocycles. The molecule has 27 heavy (non-hydrogen) atoms. The van der Waals surface area contributed by atoms with Crippen LogP contribution in [0.3, 0.4) is 0 Å². The number of nitrogens with one attached hydrogen (secondary N) is 1. The van der Waals surface area contributed by atoms with Gasteiger partial charge in [-0.1, -0.05) is 44.4 Å². The molecule has 0 radical (unpaired) electrons. The molecule has 6 unspecified atom stereocenters. The van der Waals surface area contributed by atoms with Crippen molar-refractivity contribution in [3.63, 3.8) is 0 Å². The molecule has 2 rings (SSSR count). The van der Waals surface area contributed by atoms with E-state index < -0.39 is 0 Å². The normalized spacial score (nSPS) is 28.7. The quantitative estimate of drug-likeness (QED) is 0.337. The molecule has 0 aromatic rings. The molecule has 0 aromatic carbocycles. The maximum absolute atomic E-state index is 5.14. The summed E-state index contributed by atoms with van der Waals surface area (Å²) in [6.45, 7) is 12.0. The van der Waals surface area contributed by atoms with Gasteiger partial charge in [-0.05, 0) is 89.3 Å². The summed E-state index contributed by atoms with van der Waals surface area (Å²) in [5.74, 6) is 2.71. The van der Waals surface area contributed by atoms with Crippen LogP contribution in [0.5, 0.6) is 0 Å². The summed E-state index contributed by atoms with van der Waals surface area (Å²) in [5, 5.41) is 3.69. The zero-order valence-corrected chi connectivity index (χ0v) is 19.9. The average molecular weight is 398 g/mol. The van der Waals surface area contributed by atoms with Crippen molar-refractivity contribution in [3.8, 4) is 0 Å². The average Bonchev–Trinajstić information content (AvgIpc) is 3.19. The molecule has 1 fully saturated rings. The standard InChI is InChI=1S/C19H34NP.C4H11N.H3N/c1-5-17(6-2)20-14(4)11-15-7-8-16(12-15)18-9-13(3)10-19(18)21;1-2-3-4-5;/h5,9,14-16,18-20H,6-8,10-12,21H2,1-4H3;2-5H2,1H3;1H3/b17-5+;;. The minimum absolute atomic E-state index is 0. The highest BCUT2D eigenvalue weighted by molar-refractivity contribution is 7.17. The van der Waals surface area contributed by atoms with Crippen LogP contribution >= 0.6 is 9.24 Å². The van der Waals surface area contributed by atoms with Crippen LogP contribution in [-0.4, -0.2) is 18.2 Å². The number of allylic oxidation sites excluding steroid dienone is 4. The van der Waals surface area contributed by atoms with Gasteiger partial charge in [0.1, 0.15) is 0 Å². The van der Waals surface area contributed by atoms with Crippen LogP contribution in [0.4, 0.5) is 0 Å². The van der Waals surface area contributed by atoms with Gasteiger partial charge in [0.2, 0.25) is 0 Å². The molecule has 0 saturated heterocycles. The van der Waals surface area contributed by atoms with Gasteiger partial charge in [-0.3, -0.25) is 0 Å². The third kappa shape index (κ3) is 9.59. The zero-order valence-electron chi connectivity index (χ0n) is 18.8. The summed E-state index contributed by atoms with van der Waals surface area (Å²) in [6, 6.07) is 0.618. The molecule has 2 aliphatic carbocycles. The molecule has 0 spiro atoms. The van der Waals surface area contributed by atoms with E-state index in [4.69, 9.17) is 5.73 Å². The van der Waals surface area contributed by atoms with Crippen molar-refractivity contribution in [1.29, 1.82) is 0 Å². The maximum Gasteiger partial charge on any atom is 0.0232 e. The van der Waals surface area contributed by atoms with E-state index in [0.717, 1.165) is 36.4 Å². The highest BCUT2D eigenvalue weighted by atomic mass is 31.0. The number of rotatable bonds is 8. The molecule has 160 valence electrons. The summed E-state index contributed by atoms with van der Waals surface area (Å²) < 4.78 is 0. The Hall–Kier alpha value is -0.370. The Morgan fingerprint density at radius 1 is 1.37 bits per heavy atom. The molecule has 2 aliphatic rings. The van der Waals surface area contributed by atoms with Crippen molar-refractivity contribution in [2.45, 2.75) is 97.7 Å². The van der Waals surface area contributed by atoms with Gasteiger partial charge < -0.3 is 17.2 Å². The van der Waals surface area contributed by atoms with E-state index in [2.05, 4.69) is 61.3 Å². The Bertz CT molecular complexity index is 445. The second kappa shape index (κ2) is 14.6. The lowest BCUT2D eigenvalue weighted by Crippen LogP contribution is -2.27. The van der Waals surface area contributed by atoms with Gasteiger partial charge in [-0.2, -0.15) is 0 Å². The Kier molecular flexibility index (Phi) is 14.4. The molecule has 4 heteroatoms. The SMILES string of the molecule is C/C=C(\CC)NC(C)CC1CCC(C2C=C(C)CC2P)C1.CCCCN.N. The van der Waals surface area contributed by atoms with E-state index in [-0.39, 0.29) is 6.15 Å². The Morgan fingerprint density at radius 2 is 2.07 bits per heavy atom. The van der Waals surface area contributed by atoms with Gasteiger partial charge in [0, 0.05) is 11.7 Å². The molecular formula is C23H48N3P. The third-order valence-corrected chi connectivity index (χ3v) is 6.74. The number of unbranched alkanes of at least 4 members (excludes halogenated alkanes) is 1. The molecule has 0 heterocycles. The van der Waals surface area contributed by atoms with Crippen LogP contribution < -0.4 is 17.2 Å². The third-order valence-electron chi connectivity index (χ3n) is 6.06. The lowest BCUT2D eigenvalue weighted by atomic mass is 9.88. The number of hydrogen-bond acceptors (Lipinski definition) is 3. The van der Waals surface area contributed by atoms with Crippen LogP contribution in [0.1, 0.15) is 86.0 Å². The lowest BCUT2D eigenvalue weighted by Gasteiger charge is -2.23. The van der Waals surface area contributed by atoms with Gasteiger partial charge in [0.15, 0.2) is 0 Å². The Morgan fingerprint density at radius 3 is 2.52 bits per heavy atom. The summed E-state index contributed by atoms with van der Waals surface area (Å²) in [6.07, 6.45) is 15.3. The molecular weight excluding hydrogens is 349 g/mol. The second-order valence-corrected chi connectivity index (χ2v) is 9.34. The molecule has 3 nitrogen and oxygen atoms in total. The fourth-order valence-corrected chi connectivity index (χ4v) is 5.46. The van der Waals surface area contributed by atoms with E-state index in [1.165, 1.54) is 50.6 Å². The van der Waals surface area contributed by atoms with Crippen LogP contribution in [0.15, 0.2) is 23.4 Å². The molecule has 0 aromatic heterocycles. The first-order valence-electron chi connectivity index (χ1n) is 11.0. The molecule has 0 bridgehead atoms. The van der Waals surface area contributed by atoms with Crippen molar-refractivity contribution < 1.29 is 0 Å². The first-order chi connectivity index (χ1) is 12.4. The predicted octanol–water partition coefficient (Wildman–Crippen LogP) is 6.20. The number of nitrogens with two attached hydrogens (primary N) is 1. The minimum Gasteiger partial charge on any atom is -0.386 e. The zero-order chi connectivity index (χ0) is 19.5. The van der Waals surface area contributed by atoms with Crippen molar-refractivity contribution in [2.24, 2.45) is 23.5 Å². The predicted molar refractivity (Wildman–Crippen MR) is 126 cm³/mol. The summed E-state index contributed by atoms with van der Waals surface area (Å²) in [5.41, 5.74) is 8.95. The van der Waals surface area contributed by atoms with Crippen molar-refractivity contribution in [2.75, 3.05) is 6.54 Å². The van der Waals surface area contributed by atoms with Crippen LogP contribution in [-0.2, 0) is 0 Å². The monoisotopic (exact) mass is 397 g/mol. The fourth-order valence-electron chi connectivity index (χ4n) is 4.66. The maximum atomic E-state index is 5.14. The minimum atomic E-state index is 0. The van der Waals surface area contributed by atoms with Crippen LogP contribution in [0.2, 0.25) is 0 Å². The van der Waals surface area contributed by atoms with Gasteiger partial charge in [0.05, 0.1) is 0 Å². The molecule has 6 N–H and O–H groups in total. The molecule has 6 atom stereocenters. The van der Waals surface area contributed by atoms with Crippen molar-refractivity contribution in [1.82, 2.24) is 11.5 Å². The van der Waals surface area contributed by atoms with Crippen molar-refractivity contribution in [3.05, 3.63) is 23.4 Å². The van der Waals surface area contributed by atoms with E-state index in [9.17, 15) is 0 Å². The highest BCUT2D eigenvalue weighted by Gasteiger charge is 2.35. The lowest BCUT2D eigenvalue weighted by molar-refractivity contribution is 0.365. The Balaban J connectivity index is 0.00000100. The van der Waals surface area contributed by atoms with Crippen molar-refractivity contribution >= 4 is 9.24 Å². The van der Waals surface area contributed by atoms with E-state index in [0.29, 0.717) is 6.04 Å². The topological polar surface area (TPSA) is 73.0 Å². The van der Waals surface area contributed by atoms with Crippen LogP contribution in [0, 0.1) is 17.8 Å². The fraction of sp³-hybridized carbons (Fsp3) is 0.826. The van der Waals surface area contributed by atoms with E-state index in [1.807, 2.05) is 0 Å². The van der Waals surface area contributed by atoms with Gasteiger partial charge >= 0.3 is 0 Å². The Labute approximate surface area is 172 Å². The van der Waals surface area contributed by atoms with E-state index in [1.54, 1.807) is 5.57 Å². The van der Waals surface area contributed by atoms with Gasteiger partial charge in [-0.15, -0.1) is 9.24 Å². The summed E-state index contributed by atoms with van der Waals surface area (Å²) in [7, 11) is 3.10. The first-order valence-corrected chi connectivity index (χ1v) is 11.7. The molecule has 0 aliphatic heterocycles. The second-order valence-electron chi connectivity index (χ2n) is 8.49. The largest absolute Gasteiger partial charge is 0.386 e. The van der Waals surface area contributed by atoms with E-state index >= 15 is 0 Å². The van der Waals surface area contributed by atoms with Gasteiger partial charge in [-0.25, -0.2) is 0 Å². The number of hydrogen-bond donors (Lipinski definition) is 3. The summed E-state index contributed by atoms with van der Waals surface area (Å²) >= 11 is 0. The highest BCUT2D eigenvalue weighted by Crippen LogP contribution is 2.45. The smallest absolute Gasteiger partial charge is 0.0232 e. The molecule has 0 amide bonds. The summed E-state index contributed by atoms with van der Waals surface area (Å²) in [4.78, 5) is 0.